The van der Waals surface area contributed by atoms with Crippen LogP contribution in [0.25, 0.3) is 0 Å². The fraction of sp³-hybridized carbons (Fsp3) is 0.500. The van der Waals surface area contributed by atoms with Crippen LogP contribution in [0.15, 0.2) is 29.5 Å². The maximum Gasteiger partial charge on any atom is 0.232 e. The molecule has 2 heterocycles. The number of aryl methyl sites for hydroxylation is 1. The van der Waals surface area contributed by atoms with Gasteiger partial charge in [-0.15, -0.1) is 0 Å². The molecule has 0 aliphatic rings. The van der Waals surface area contributed by atoms with Gasteiger partial charge in [0.25, 0.3) is 0 Å². The Balaban J connectivity index is 1.87. The minimum absolute atomic E-state index is 0.381. The molecular weight excluding hydrogens is 352 g/mol. The fourth-order valence-electron chi connectivity index (χ4n) is 2.67. The molecule has 0 aromatic carbocycles. The Kier molecular flexibility index (Phi) is 7.26. The standard InChI is InChI=1S/C18H27ClN6O/c1-13(2)16-14(12-25(5)23-16)11-24(4)18(20-3)22-9-10-26-17-15(19)7-6-8-21-17/h6-8,12-13H,9-11H2,1-5H3,(H,20,22). The van der Waals surface area contributed by atoms with Crippen molar-refractivity contribution < 1.29 is 4.74 Å². The monoisotopic (exact) mass is 378 g/mol. The van der Waals surface area contributed by atoms with Crippen LogP contribution in [0.2, 0.25) is 5.02 Å². The molecule has 26 heavy (non-hydrogen) atoms. The molecule has 0 saturated carbocycles. The van der Waals surface area contributed by atoms with Crippen LogP contribution in [0.4, 0.5) is 0 Å². The first-order chi connectivity index (χ1) is 12.4. The smallest absolute Gasteiger partial charge is 0.232 e. The first kappa shape index (κ1) is 20.0. The first-order valence-corrected chi connectivity index (χ1v) is 8.97. The zero-order chi connectivity index (χ0) is 19.1. The van der Waals surface area contributed by atoms with Gasteiger partial charge < -0.3 is 15.0 Å². The van der Waals surface area contributed by atoms with Gasteiger partial charge in [-0.2, -0.15) is 5.10 Å². The van der Waals surface area contributed by atoms with E-state index in [0.29, 0.717) is 30.0 Å². The molecule has 0 saturated heterocycles. The molecule has 2 aromatic heterocycles. The van der Waals surface area contributed by atoms with Crippen molar-refractivity contribution in [3.63, 3.8) is 0 Å². The lowest BCUT2D eigenvalue weighted by Gasteiger charge is -2.22. The third-order valence-electron chi connectivity index (χ3n) is 3.81. The highest BCUT2D eigenvalue weighted by atomic mass is 35.5. The van der Waals surface area contributed by atoms with Gasteiger partial charge in [0.05, 0.1) is 12.2 Å². The van der Waals surface area contributed by atoms with Crippen molar-refractivity contribution in [2.45, 2.75) is 26.3 Å². The van der Waals surface area contributed by atoms with Crippen LogP contribution < -0.4 is 10.1 Å². The Bertz CT molecular complexity index is 743. The first-order valence-electron chi connectivity index (χ1n) is 8.59. The van der Waals surface area contributed by atoms with Crippen LogP contribution in [0.3, 0.4) is 0 Å². The van der Waals surface area contributed by atoms with E-state index >= 15 is 0 Å². The fourth-order valence-corrected chi connectivity index (χ4v) is 2.84. The Hall–Kier alpha value is -2.28. The molecule has 0 aliphatic heterocycles. The number of nitrogens with one attached hydrogen (secondary N) is 1. The second-order valence-corrected chi connectivity index (χ2v) is 6.74. The second-order valence-electron chi connectivity index (χ2n) is 6.34. The van der Waals surface area contributed by atoms with E-state index in [-0.39, 0.29) is 0 Å². The van der Waals surface area contributed by atoms with Crippen molar-refractivity contribution in [1.82, 2.24) is 25.0 Å². The molecule has 2 aromatic rings. The summed E-state index contributed by atoms with van der Waals surface area (Å²) in [4.78, 5) is 10.5. The summed E-state index contributed by atoms with van der Waals surface area (Å²) in [7, 11) is 5.72. The molecule has 0 bridgehead atoms. The van der Waals surface area contributed by atoms with Crippen molar-refractivity contribution in [2.24, 2.45) is 12.0 Å². The van der Waals surface area contributed by atoms with E-state index in [9.17, 15) is 0 Å². The number of rotatable bonds is 7. The normalized spacial score (nSPS) is 11.7. The molecule has 7 nitrogen and oxygen atoms in total. The molecular formula is C18H27ClN6O. The molecule has 0 amide bonds. The summed E-state index contributed by atoms with van der Waals surface area (Å²) in [5, 5.41) is 8.35. The van der Waals surface area contributed by atoms with Gasteiger partial charge in [0.2, 0.25) is 5.88 Å². The lowest BCUT2D eigenvalue weighted by molar-refractivity contribution is 0.307. The van der Waals surface area contributed by atoms with Crippen molar-refractivity contribution >= 4 is 17.6 Å². The largest absolute Gasteiger partial charge is 0.475 e. The third-order valence-corrected chi connectivity index (χ3v) is 4.10. The highest BCUT2D eigenvalue weighted by Crippen LogP contribution is 2.20. The van der Waals surface area contributed by atoms with Gasteiger partial charge in [-0.25, -0.2) is 4.98 Å². The van der Waals surface area contributed by atoms with Crippen LogP contribution in [0, 0.1) is 0 Å². The summed E-state index contributed by atoms with van der Waals surface area (Å²) in [6, 6.07) is 3.53. The molecule has 0 radical (unpaired) electrons. The highest BCUT2D eigenvalue weighted by Gasteiger charge is 2.15. The van der Waals surface area contributed by atoms with Gasteiger partial charge in [-0.1, -0.05) is 25.4 Å². The zero-order valence-corrected chi connectivity index (χ0v) is 16.8. The summed E-state index contributed by atoms with van der Waals surface area (Å²) >= 11 is 6.03. The number of nitrogens with zero attached hydrogens (tertiary/aromatic N) is 5. The van der Waals surface area contributed by atoms with E-state index < -0.39 is 0 Å². The van der Waals surface area contributed by atoms with Crippen molar-refractivity contribution in [2.75, 3.05) is 27.2 Å². The average molecular weight is 379 g/mol. The van der Waals surface area contributed by atoms with Crippen LogP contribution in [0.5, 0.6) is 5.88 Å². The molecule has 1 N–H and O–H groups in total. The van der Waals surface area contributed by atoms with Crippen molar-refractivity contribution in [1.29, 1.82) is 0 Å². The molecule has 8 heteroatoms. The average Bonchev–Trinajstić information content (AvgIpc) is 2.97. The Morgan fingerprint density at radius 1 is 1.46 bits per heavy atom. The SMILES string of the molecule is CN=C(NCCOc1ncccc1Cl)N(C)Cc1cn(C)nc1C(C)C. The van der Waals surface area contributed by atoms with Gasteiger partial charge in [0.15, 0.2) is 5.96 Å². The van der Waals surface area contributed by atoms with Crippen LogP contribution in [-0.2, 0) is 13.6 Å². The lowest BCUT2D eigenvalue weighted by atomic mass is 10.1. The molecule has 0 fully saturated rings. The number of pyridine rings is 1. The van der Waals surface area contributed by atoms with Crippen LogP contribution in [-0.4, -0.2) is 52.9 Å². The molecule has 2 rings (SSSR count). The minimum Gasteiger partial charge on any atom is -0.475 e. The van der Waals surface area contributed by atoms with Gasteiger partial charge in [0.1, 0.15) is 11.6 Å². The topological polar surface area (TPSA) is 67.6 Å². The number of hydrogen-bond acceptors (Lipinski definition) is 4. The van der Waals surface area contributed by atoms with E-state index in [0.717, 1.165) is 18.2 Å². The Morgan fingerprint density at radius 2 is 2.23 bits per heavy atom. The van der Waals surface area contributed by atoms with E-state index in [1.165, 1.54) is 5.56 Å². The second kappa shape index (κ2) is 9.43. The predicted octanol–water partition coefficient (Wildman–Crippen LogP) is 2.68. The number of ether oxygens (including phenoxy) is 1. The quantitative estimate of drug-likeness (QED) is 0.456. The molecule has 0 unspecified atom stereocenters. The summed E-state index contributed by atoms with van der Waals surface area (Å²) in [6.45, 7) is 6.06. The molecule has 0 aliphatic carbocycles. The summed E-state index contributed by atoms with van der Waals surface area (Å²) in [5.41, 5.74) is 2.31. The van der Waals surface area contributed by atoms with Gasteiger partial charge >= 0.3 is 0 Å². The zero-order valence-electron chi connectivity index (χ0n) is 16.0. The molecule has 142 valence electrons. The van der Waals surface area contributed by atoms with Gasteiger partial charge in [0, 0.05) is 45.6 Å². The highest BCUT2D eigenvalue weighted by molar-refractivity contribution is 6.31. The van der Waals surface area contributed by atoms with E-state index in [1.54, 1.807) is 25.4 Å². The number of guanidine groups is 1. The van der Waals surface area contributed by atoms with E-state index in [2.05, 4.69) is 45.3 Å². The maximum absolute atomic E-state index is 6.03. The molecule has 0 atom stereocenters. The van der Waals surface area contributed by atoms with E-state index in [1.807, 2.05) is 18.8 Å². The number of halogens is 1. The van der Waals surface area contributed by atoms with Gasteiger partial charge in [-0.05, 0) is 18.1 Å². The predicted molar refractivity (Wildman–Crippen MR) is 105 cm³/mol. The van der Waals surface area contributed by atoms with Crippen molar-refractivity contribution in [3.05, 3.63) is 40.8 Å². The number of hydrogen-bond donors (Lipinski definition) is 1. The summed E-state index contributed by atoms with van der Waals surface area (Å²) < 4.78 is 7.45. The lowest BCUT2D eigenvalue weighted by Crippen LogP contribution is -2.40. The van der Waals surface area contributed by atoms with Crippen LogP contribution in [0.1, 0.15) is 31.0 Å². The number of aromatic nitrogens is 3. The third kappa shape index (κ3) is 5.36. The summed E-state index contributed by atoms with van der Waals surface area (Å²) in [6.07, 6.45) is 3.72. The molecule has 0 spiro atoms. The van der Waals surface area contributed by atoms with Crippen molar-refractivity contribution in [3.8, 4) is 5.88 Å². The van der Waals surface area contributed by atoms with E-state index in [4.69, 9.17) is 16.3 Å². The maximum atomic E-state index is 6.03. The Morgan fingerprint density at radius 3 is 2.88 bits per heavy atom. The summed E-state index contributed by atoms with van der Waals surface area (Å²) in [5.74, 6) is 1.61. The minimum atomic E-state index is 0.381. The van der Waals surface area contributed by atoms with Crippen LogP contribution >= 0.6 is 11.6 Å². The van der Waals surface area contributed by atoms with Gasteiger partial charge in [-0.3, -0.25) is 9.67 Å². The number of aliphatic imine (C=N–C) groups is 1. The Labute approximate surface area is 160 Å².